The average molecular weight is 246 g/mol. The molecule has 0 saturated carbocycles. The summed E-state index contributed by atoms with van der Waals surface area (Å²) in [6, 6.07) is 7.79. The summed E-state index contributed by atoms with van der Waals surface area (Å²) < 4.78 is 1.04. The second-order valence-electron chi connectivity index (χ2n) is 4.23. The molecular formula is C14H14O2S. The smallest absolute Gasteiger partial charge is 0.345 e. The van der Waals surface area contributed by atoms with Gasteiger partial charge in [-0.2, -0.15) is 0 Å². The fourth-order valence-corrected chi connectivity index (χ4v) is 2.67. The van der Waals surface area contributed by atoms with E-state index in [2.05, 4.69) is 26.0 Å². The van der Waals surface area contributed by atoms with Crippen LogP contribution in [0.5, 0.6) is 0 Å². The maximum Gasteiger partial charge on any atom is 0.345 e. The Balaban J connectivity index is 2.49. The lowest BCUT2D eigenvalue weighted by molar-refractivity contribution is 0.0702. The Hall–Kier alpha value is -1.61. The number of allylic oxidation sites excluding steroid dienone is 2. The number of rotatable bonds is 3. The Morgan fingerprint density at radius 3 is 2.82 bits per heavy atom. The van der Waals surface area contributed by atoms with Gasteiger partial charge in [-0.25, -0.2) is 4.79 Å². The predicted octanol–water partition coefficient (Wildman–Crippen LogP) is 4.11. The van der Waals surface area contributed by atoms with Gasteiger partial charge in [0.15, 0.2) is 0 Å². The molecule has 1 heterocycles. The predicted molar refractivity (Wildman–Crippen MR) is 71.9 cm³/mol. The topological polar surface area (TPSA) is 37.3 Å². The van der Waals surface area contributed by atoms with Gasteiger partial charge >= 0.3 is 5.97 Å². The van der Waals surface area contributed by atoms with Gasteiger partial charge in [-0.3, -0.25) is 0 Å². The summed E-state index contributed by atoms with van der Waals surface area (Å²) in [5, 5.41) is 10.1. The third kappa shape index (κ3) is 2.56. The van der Waals surface area contributed by atoms with Crippen molar-refractivity contribution >= 4 is 27.4 Å². The molecule has 88 valence electrons. The zero-order chi connectivity index (χ0) is 12.4. The van der Waals surface area contributed by atoms with E-state index in [0.29, 0.717) is 4.88 Å². The first-order valence-electron chi connectivity index (χ1n) is 5.46. The van der Waals surface area contributed by atoms with Gasteiger partial charge in [0, 0.05) is 4.70 Å². The summed E-state index contributed by atoms with van der Waals surface area (Å²) in [5.74, 6) is -0.848. The molecule has 3 heteroatoms. The van der Waals surface area contributed by atoms with Crippen LogP contribution in [0, 0.1) is 0 Å². The molecule has 2 aromatic rings. The van der Waals surface area contributed by atoms with Crippen LogP contribution in [0.25, 0.3) is 10.1 Å². The fourth-order valence-electron chi connectivity index (χ4n) is 1.72. The molecule has 0 radical (unpaired) electrons. The summed E-state index contributed by atoms with van der Waals surface area (Å²) in [5.41, 5.74) is 2.46. The van der Waals surface area contributed by atoms with Crippen LogP contribution in [0.15, 0.2) is 35.9 Å². The van der Waals surface area contributed by atoms with Gasteiger partial charge in [-0.1, -0.05) is 23.8 Å². The molecule has 17 heavy (non-hydrogen) atoms. The number of benzene rings is 1. The minimum Gasteiger partial charge on any atom is -0.477 e. The van der Waals surface area contributed by atoms with Gasteiger partial charge in [0.1, 0.15) is 4.88 Å². The highest BCUT2D eigenvalue weighted by Crippen LogP contribution is 2.28. The SMILES string of the molecule is CC(C)=CCc1cccc2sc(C(=O)O)cc12. The Kier molecular flexibility index (Phi) is 3.29. The monoisotopic (exact) mass is 246 g/mol. The molecule has 0 unspecified atom stereocenters. The molecule has 0 atom stereocenters. The third-order valence-corrected chi connectivity index (χ3v) is 3.68. The van der Waals surface area contributed by atoms with Gasteiger partial charge in [0.05, 0.1) is 0 Å². The molecular weight excluding hydrogens is 232 g/mol. The highest BCUT2D eigenvalue weighted by Gasteiger charge is 2.10. The van der Waals surface area contributed by atoms with E-state index in [1.54, 1.807) is 6.07 Å². The van der Waals surface area contributed by atoms with Crippen LogP contribution in [-0.4, -0.2) is 11.1 Å². The normalized spacial score (nSPS) is 10.5. The van der Waals surface area contributed by atoms with Crippen LogP contribution < -0.4 is 0 Å². The van der Waals surface area contributed by atoms with Gasteiger partial charge in [0.25, 0.3) is 0 Å². The van der Waals surface area contributed by atoms with E-state index in [-0.39, 0.29) is 0 Å². The fraction of sp³-hybridized carbons (Fsp3) is 0.214. The quantitative estimate of drug-likeness (QED) is 0.827. The largest absolute Gasteiger partial charge is 0.477 e. The number of hydrogen-bond donors (Lipinski definition) is 1. The number of fused-ring (bicyclic) bond motifs is 1. The van der Waals surface area contributed by atoms with E-state index in [1.165, 1.54) is 22.5 Å². The highest BCUT2D eigenvalue weighted by atomic mass is 32.1. The van der Waals surface area contributed by atoms with Crippen LogP contribution in [-0.2, 0) is 6.42 Å². The van der Waals surface area contributed by atoms with Crippen LogP contribution in [0.2, 0.25) is 0 Å². The van der Waals surface area contributed by atoms with Crippen molar-refractivity contribution in [3.05, 3.63) is 46.4 Å². The summed E-state index contributed by atoms with van der Waals surface area (Å²) in [6.45, 7) is 4.13. The molecule has 2 rings (SSSR count). The van der Waals surface area contributed by atoms with E-state index in [1.807, 2.05) is 12.1 Å². The first-order valence-corrected chi connectivity index (χ1v) is 6.27. The van der Waals surface area contributed by atoms with Crippen molar-refractivity contribution in [1.82, 2.24) is 0 Å². The first-order chi connectivity index (χ1) is 8.08. The summed E-state index contributed by atoms with van der Waals surface area (Å²) in [4.78, 5) is 11.4. The van der Waals surface area contributed by atoms with E-state index in [4.69, 9.17) is 5.11 Å². The Labute approximate surface area is 104 Å². The number of carboxylic acid groups (broad SMARTS) is 1. The summed E-state index contributed by atoms with van der Waals surface area (Å²) in [6.07, 6.45) is 3.02. The minimum absolute atomic E-state index is 0.407. The van der Waals surface area contributed by atoms with Crippen molar-refractivity contribution in [2.24, 2.45) is 0 Å². The van der Waals surface area contributed by atoms with Gasteiger partial charge in [0.2, 0.25) is 0 Å². The number of aromatic carboxylic acids is 1. The van der Waals surface area contributed by atoms with Gasteiger partial charge < -0.3 is 5.11 Å². The zero-order valence-corrected chi connectivity index (χ0v) is 10.7. The second kappa shape index (κ2) is 4.72. The standard InChI is InChI=1S/C14H14O2S/c1-9(2)6-7-10-4-3-5-12-11(10)8-13(17-12)14(15)16/h3-6,8H,7H2,1-2H3,(H,15,16). The number of thiophene rings is 1. The number of carbonyl (C=O) groups is 1. The van der Waals surface area contributed by atoms with Crippen LogP contribution >= 0.6 is 11.3 Å². The third-order valence-electron chi connectivity index (χ3n) is 2.59. The van der Waals surface area contributed by atoms with Crippen molar-refractivity contribution in [2.45, 2.75) is 20.3 Å². The van der Waals surface area contributed by atoms with Gasteiger partial charge in [-0.05, 0) is 43.4 Å². The van der Waals surface area contributed by atoms with E-state index < -0.39 is 5.97 Å². The molecule has 0 saturated heterocycles. The Morgan fingerprint density at radius 2 is 2.18 bits per heavy atom. The molecule has 0 spiro atoms. The first kappa shape index (κ1) is 11.9. The van der Waals surface area contributed by atoms with Crippen LogP contribution in [0.4, 0.5) is 0 Å². The maximum absolute atomic E-state index is 10.9. The minimum atomic E-state index is -0.848. The van der Waals surface area contributed by atoms with Crippen LogP contribution in [0.1, 0.15) is 29.1 Å². The Bertz CT molecular complexity index is 589. The average Bonchev–Trinajstić information content (AvgIpc) is 2.70. The van der Waals surface area contributed by atoms with E-state index in [0.717, 1.165) is 16.5 Å². The van der Waals surface area contributed by atoms with Crippen molar-refractivity contribution in [1.29, 1.82) is 0 Å². The summed E-state index contributed by atoms with van der Waals surface area (Å²) >= 11 is 1.33. The number of carboxylic acids is 1. The lowest BCUT2D eigenvalue weighted by Crippen LogP contribution is -1.89. The van der Waals surface area contributed by atoms with E-state index in [9.17, 15) is 4.79 Å². The maximum atomic E-state index is 10.9. The van der Waals surface area contributed by atoms with Crippen molar-refractivity contribution in [2.75, 3.05) is 0 Å². The lowest BCUT2D eigenvalue weighted by atomic mass is 10.1. The molecule has 0 aliphatic carbocycles. The Morgan fingerprint density at radius 1 is 1.41 bits per heavy atom. The molecule has 0 aliphatic heterocycles. The lowest BCUT2D eigenvalue weighted by Gasteiger charge is -1.99. The molecule has 0 bridgehead atoms. The van der Waals surface area contributed by atoms with Gasteiger partial charge in [-0.15, -0.1) is 11.3 Å². The van der Waals surface area contributed by atoms with Crippen molar-refractivity contribution in [3.8, 4) is 0 Å². The number of hydrogen-bond acceptors (Lipinski definition) is 2. The molecule has 1 N–H and O–H groups in total. The molecule has 1 aromatic heterocycles. The molecule has 2 nitrogen and oxygen atoms in total. The zero-order valence-electron chi connectivity index (χ0n) is 9.86. The molecule has 0 fully saturated rings. The van der Waals surface area contributed by atoms with E-state index >= 15 is 0 Å². The second-order valence-corrected chi connectivity index (χ2v) is 5.31. The van der Waals surface area contributed by atoms with Crippen LogP contribution in [0.3, 0.4) is 0 Å². The molecule has 0 aliphatic rings. The highest BCUT2D eigenvalue weighted by molar-refractivity contribution is 7.20. The molecule has 1 aromatic carbocycles. The van der Waals surface area contributed by atoms with Crippen molar-refractivity contribution in [3.63, 3.8) is 0 Å². The molecule has 0 amide bonds. The van der Waals surface area contributed by atoms with Crippen molar-refractivity contribution < 1.29 is 9.90 Å². The summed E-state index contributed by atoms with van der Waals surface area (Å²) in [7, 11) is 0.